The largest absolute Gasteiger partial charge is 0.445 e. The third-order valence-corrected chi connectivity index (χ3v) is 6.27. The molecule has 150 valence electrons. The molecular weight excluding hydrogens is 432 g/mol. The maximum atomic E-state index is 12.7. The second-order valence-corrected chi connectivity index (χ2v) is 8.88. The molecule has 3 aromatic rings. The van der Waals surface area contributed by atoms with Crippen LogP contribution in [-0.4, -0.2) is 21.0 Å². The van der Waals surface area contributed by atoms with E-state index in [1.807, 2.05) is 42.5 Å². The fraction of sp³-hybridized carbons (Fsp3) is 0.409. The van der Waals surface area contributed by atoms with Gasteiger partial charge in [0.1, 0.15) is 17.0 Å². The summed E-state index contributed by atoms with van der Waals surface area (Å²) in [5, 5.41) is 3.13. The van der Waals surface area contributed by atoms with E-state index in [0.717, 1.165) is 21.5 Å². The van der Waals surface area contributed by atoms with Crippen molar-refractivity contribution in [2.75, 3.05) is 0 Å². The number of ether oxygens (including phenoxy) is 1. The van der Waals surface area contributed by atoms with Crippen LogP contribution in [0.4, 0.5) is 4.79 Å². The zero-order valence-electron chi connectivity index (χ0n) is 16.0. The molecule has 2 fully saturated rings. The van der Waals surface area contributed by atoms with E-state index in [1.165, 1.54) is 25.7 Å². The van der Waals surface area contributed by atoms with E-state index in [9.17, 15) is 4.79 Å². The van der Waals surface area contributed by atoms with E-state index in [-0.39, 0.29) is 12.6 Å². The summed E-state index contributed by atoms with van der Waals surface area (Å²) in [5.41, 5.74) is 2.50. The molecule has 6 nitrogen and oxygen atoms in total. The lowest BCUT2D eigenvalue weighted by molar-refractivity contribution is 0.127. The van der Waals surface area contributed by atoms with Crippen molar-refractivity contribution in [3.63, 3.8) is 0 Å². The molecule has 2 aliphatic rings. The first-order valence-corrected chi connectivity index (χ1v) is 11.0. The summed E-state index contributed by atoms with van der Waals surface area (Å²) in [6.07, 6.45) is 4.50. The molecule has 1 aromatic carbocycles. The Kier molecular flexibility index (Phi) is 4.99. The molecule has 29 heavy (non-hydrogen) atoms. The Morgan fingerprint density at radius 1 is 1.10 bits per heavy atom. The first-order valence-electron chi connectivity index (χ1n) is 10.2. The summed E-state index contributed by atoms with van der Waals surface area (Å²) >= 11 is 3.40. The van der Waals surface area contributed by atoms with Crippen molar-refractivity contribution in [2.45, 2.75) is 38.3 Å². The number of nitrogens with zero attached hydrogens (tertiary/aromatic N) is 2. The van der Waals surface area contributed by atoms with Crippen LogP contribution in [0.5, 0.6) is 0 Å². The number of hydrogen-bond donors (Lipinski definition) is 2. The molecule has 1 atom stereocenters. The lowest BCUT2D eigenvalue weighted by Gasteiger charge is -2.26. The number of imidazole rings is 1. The fourth-order valence-electron chi connectivity index (χ4n) is 4.17. The Morgan fingerprint density at radius 2 is 1.83 bits per heavy atom. The number of aromatic nitrogens is 3. The summed E-state index contributed by atoms with van der Waals surface area (Å²) in [5.74, 6) is 2.46. The van der Waals surface area contributed by atoms with Gasteiger partial charge in [0.25, 0.3) is 0 Å². The Balaban J connectivity index is 1.38. The number of amides is 1. The van der Waals surface area contributed by atoms with Crippen molar-refractivity contribution < 1.29 is 9.53 Å². The van der Waals surface area contributed by atoms with E-state index < -0.39 is 6.09 Å². The molecule has 2 aromatic heterocycles. The average Bonchev–Trinajstić information content (AvgIpc) is 3.66. The van der Waals surface area contributed by atoms with Gasteiger partial charge in [-0.15, -0.1) is 0 Å². The Hall–Kier alpha value is -2.41. The number of carbonyl (C=O) groups excluding carboxylic acids is 1. The summed E-state index contributed by atoms with van der Waals surface area (Å²) in [4.78, 5) is 25.2. The molecule has 2 N–H and O–H groups in total. The van der Waals surface area contributed by atoms with Gasteiger partial charge in [-0.1, -0.05) is 30.3 Å². The first-order chi connectivity index (χ1) is 14.2. The minimum atomic E-state index is -0.403. The number of halogens is 1. The normalized spacial score (nSPS) is 17.4. The van der Waals surface area contributed by atoms with Crippen molar-refractivity contribution in [3.8, 4) is 0 Å². The minimum absolute atomic E-state index is 0.189. The molecule has 2 heterocycles. The molecule has 0 aliphatic heterocycles. The van der Waals surface area contributed by atoms with Crippen molar-refractivity contribution >= 4 is 33.2 Å². The second kappa shape index (κ2) is 7.78. The molecule has 5 rings (SSSR count). The maximum Gasteiger partial charge on any atom is 0.408 e. The number of alkyl carbamates (subject to hydrolysis) is 1. The van der Waals surface area contributed by atoms with E-state index in [1.54, 1.807) is 0 Å². The quantitative estimate of drug-likeness (QED) is 0.485. The number of pyridine rings is 1. The van der Waals surface area contributed by atoms with Gasteiger partial charge in [0.2, 0.25) is 0 Å². The minimum Gasteiger partial charge on any atom is -0.445 e. The zero-order chi connectivity index (χ0) is 19.8. The summed E-state index contributed by atoms with van der Waals surface area (Å²) in [6, 6.07) is 13.4. The number of carbonyl (C=O) groups is 1. The third kappa shape index (κ3) is 4.29. The SMILES string of the molecule is O=C(NC(c1nc2nc(Br)ccc2[nH]1)C(C1CC1)C1CC1)OCc1ccccc1. The van der Waals surface area contributed by atoms with Crippen LogP contribution in [0.1, 0.15) is 43.1 Å². The van der Waals surface area contributed by atoms with Crippen LogP contribution >= 0.6 is 15.9 Å². The molecule has 1 unspecified atom stereocenters. The monoisotopic (exact) mass is 454 g/mol. The third-order valence-electron chi connectivity index (χ3n) is 5.83. The van der Waals surface area contributed by atoms with Crippen LogP contribution in [0.25, 0.3) is 11.2 Å². The van der Waals surface area contributed by atoms with Crippen LogP contribution in [0.3, 0.4) is 0 Å². The van der Waals surface area contributed by atoms with Gasteiger partial charge in [0.05, 0.1) is 11.6 Å². The summed E-state index contributed by atoms with van der Waals surface area (Å²) in [6.45, 7) is 0.256. The lowest BCUT2D eigenvalue weighted by atomic mass is 9.89. The van der Waals surface area contributed by atoms with Gasteiger partial charge in [-0.05, 0) is 77.1 Å². The predicted molar refractivity (Wildman–Crippen MR) is 113 cm³/mol. The molecule has 2 aliphatic carbocycles. The van der Waals surface area contributed by atoms with Crippen LogP contribution < -0.4 is 5.32 Å². The summed E-state index contributed by atoms with van der Waals surface area (Å²) < 4.78 is 6.25. The van der Waals surface area contributed by atoms with Gasteiger partial charge in [0.15, 0.2) is 5.65 Å². The van der Waals surface area contributed by atoms with Gasteiger partial charge in [0, 0.05) is 0 Å². The Labute approximate surface area is 177 Å². The number of aromatic amines is 1. The van der Waals surface area contributed by atoms with Crippen molar-refractivity contribution in [1.82, 2.24) is 20.3 Å². The van der Waals surface area contributed by atoms with Crippen molar-refractivity contribution in [3.05, 3.63) is 58.5 Å². The van der Waals surface area contributed by atoms with E-state index in [4.69, 9.17) is 9.72 Å². The highest BCUT2D eigenvalue weighted by Gasteiger charge is 2.47. The standard InChI is InChI=1S/C22H23BrN4O2/c23-17-11-10-16-20(25-17)27-21(24-16)19(18(14-6-7-14)15-8-9-15)26-22(28)29-12-13-4-2-1-3-5-13/h1-5,10-11,14-15,18-19H,6-9,12H2,(H,26,28)(H,24,25,27). The van der Waals surface area contributed by atoms with Gasteiger partial charge < -0.3 is 15.0 Å². The fourth-order valence-corrected chi connectivity index (χ4v) is 4.47. The average molecular weight is 455 g/mol. The van der Waals surface area contributed by atoms with E-state index in [0.29, 0.717) is 23.4 Å². The van der Waals surface area contributed by atoms with Crippen LogP contribution in [0, 0.1) is 17.8 Å². The molecule has 1 amide bonds. The topological polar surface area (TPSA) is 79.9 Å². The van der Waals surface area contributed by atoms with Crippen molar-refractivity contribution in [2.24, 2.45) is 17.8 Å². The first kappa shape index (κ1) is 18.6. The van der Waals surface area contributed by atoms with Crippen LogP contribution in [0.15, 0.2) is 47.1 Å². The molecule has 0 saturated heterocycles. The van der Waals surface area contributed by atoms with Gasteiger partial charge in [-0.2, -0.15) is 0 Å². The highest BCUT2D eigenvalue weighted by Crippen LogP contribution is 2.53. The molecular formula is C22H23BrN4O2. The second-order valence-electron chi connectivity index (χ2n) is 8.06. The molecule has 7 heteroatoms. The number of nitrogens with one attached hydrogen (secondary N) is 2. The highest BCUT2D eigenvalue weighted by molar-refractivity contribution is 9.10. The Bertz CT molecular complexity index is 1000. The summed E-state index contributed by atoms with van der Waals surface area (Å²) in [7, 11) is 0. The van der Waals surface area contributed by atoms with Gasteiger partial charge >= 0.3 is 6.09 Å². The number of hydrogen-bond acceptors (Lipinski definition) is 4. The smallest absolute Gasteiger partial charge is 0.408 e. The molecule has 2 saturated carbocycles. The number of H-pyrrole nitrogens is 1. The highest BCUT2D eigenvalue weighted by atomic mass is 79.9. The van der Waals surface area contributed by atoms with E-state index in [2.05, 4.69) is 31.2 Å². The zero-order valence-corrected chi connectivity index (χ0v) is 17.6. The maximum absolute atomic E-state index is 12.7. The van der Waals surface area contributed by atoms with E-state index >= 15 is 0 Å². The van der Waals surface area contributed by atoms with Crippen molar-refractivity contribution in [1.29, 1.82) is 0 Å². The van der Waals surface area contributed by atoms with Crippen LogP contribution in [0.2, 0.25) is 0 Å². The Morgan fingerprint density at radius 3 is 2.52 bits per heavy atom. The van der Waals surface area contributed by atoms with Gasteiger partial charge in [-0.25, -0.2) is 14.8 Å². The number of benzene rings is 1. The molecule has 0 spiro atoms. The number of fused-ring (bicyclic) bond motifs is 1. The molecule has 0 radical (unpaired) electrons. The molecule has 0 bridgehead atoms. The number of rotatable bonds is 7. The van der Waals surface area contributed by atoms with Crippen LogP contribution in [-0.2, 0) is 11.3 Å². The van der Waals surface area contributed by atoms with Gasteiger partial charge in [-0.3, -0.25) is 0 Å². The lowest BCUT2D eigenvalue weighted by Crippen LogP contribution is -2.36. The predicted octanol–water partition coefficient (Wildman–Crippen LogP) is 5.12.